The fourth-order valence-electron chi connectivity index (χ4n) is 1.45. The van der Waals surface area contributed by atoms with Gasteiger partial charge < -0.3 is 14.8 Å². The second-order valence-corrected chi connectivity index (χ2v) is 4.20. The van der Waals surface area contributed by atoms with Crippen molar-refractivity contribution in [3.63, 3.8) is 0 Å². The van der Waals surface area contributed by atoms with Crippen LogP contribution in [0.3, 0.4) is 0 Å². The van der Waals surface area contributed by atoms with Gasteiger partial charge in [0, 0.05) is 12.5 Å². The van der Waals surface area contributed by atoms with E-state index in [0.717, 1.165) is 5.56 Å². The summed E-state index contributed by atoms with van der Waals surface area (Å²) < 4.78 is 9.36. The van der Waals surface area contributed by atoms with Gasteiger partial charge in [0.15, 0.2) is 0 Å². The lowest BCUT2D eigenvalue weighted by Gasteiger charge is -2.11. The van der Waals surface area contributed by atoms with E-state index in [4.69, 9.17) is 4.74 Å². The molecular formula is C14H17NO5. The molecule has 6 nitrogen and oxygen atoms in total. The topological polar surface area (TPSA) is 81.7 Å². The van der Waals surface area contributed by atoms with E-state index in [1.807, 2.05) is 0 Å². The maximum atomic E-state index is 11.8. The normalized spacial score (nSPS) is 11.3. The number of carbonyl (C=O) groups is 3. The second kappa shape index (κ2) is 7.28. The first-order chi connectivity index (χ1) is 9.43. The van der Waals surface area contributed by atoms with Crippen molar-refractivity contribution < 1.29 is 23.9 Å². The van der Waals surface area contributed by atoms with Gasteiger partial charge in [-0.05, 0) is 24.6 Å². The molecule has 20 heavy (non-hydrogen) atoms. The maximum absolute atomic E-state index is 11.8. The SMILES string of the molecule is COC(=O)[C@H](C)NC(=O)c1ccc(COC(C)=O)cc1. The standard InChI is InChI=1S/C14H17NO5/c1-9(14(18)19-3)15-13(17)12-6-4-11(5-7-12)8-20-10(2)16/h4-7,9H,8H2,1-3H3,(H,15,17)/t9-/m0/s1. The van der Waals surface area contributed by atoms with Crippen LogP contribution in [0.5, 0.6) is 0 Å². The molecule has 0 spiro atoms. The highest BCUT2D eigenvalue weighted by Gasteiger charge is 2.16. The van der Waals surface area contributed by atoms with E-state index >= 15 is 0 Å². The van der Waals surface area contributed by atoms with Gasteiger partial charge in [-0.1, -0.05) is 12.1 Å². The minimum absolute atomic E-state index is 0.162. The molecule has 1 aromatic carbocycles. The summed E-state index contributed by atoms with van der Waals surface area (Å²) >= 11 is 0. The number of carbonyl (C=O) groups excluding carboxylic acids is 3. The third-order valence-corrected chi connectivity index (χ3v) is 2.56. The zero-order valence-electron chi connectivity index (χ0n) is 11.6. The van der Waals surface area contributed by atoms with Gasteiger partial charge in [-0.2, -0.15) is 0 Å². The molecule has 0 fully saturated rings. The van der Waals surface area contributed by atoms with Crippen molar-refractivity contribution in [1.29, 1.82) is 0 Å². The summed E-state index contributed by atoms with van der Waals surface area (Å²) in [6.45, 7) is 3.03. The maximum Gasteiger partial charge on any atom is 0.328 e. The van der Waals surface area contributed by atoms with Crippen LogP contribution >= 0.6 is 0 Å². The molecule has 0 aromatic heterocycles. The molecule has 1 atom stereocenters. The van der Waals surface area contributed by atoms with Crippen molar-refractivity contribution in [1.82, 2.24) is 5.32 Å². The highest BCUT2D eigenvalue weighted by molar-refractivity contribution is 5.96. The zero-order chi connectivity index (χ0) is 15.1. The van der Waals surface area contributed by atoms with Gasteiger partial charge >= 0.3 is 11.9 Å². The van der Waals surface area contributed by atoms with Crippen molar-refractivity contribution in [2.45, 2.75) is 26.5 Å². The van der Waals surface area contributed by atoms with E-state index in [2.05, 4.69) is 10.1 Å². The number of benzene rings is 1. The minimum atomic E-state index is -0.715. The first-order valence-corrected chi connectivity index (χ1v) is 6.05. The Kier molecular flexibility index (Phi) is 5.71. The van der Waals surface area contributed by atoms with Crippen molar-refractivity contribution in [2.24, 2.45) is 0 Å². The van der Waals surface area contributed by atoms with E-state index in [1.54, 1.807) is 31.2 Å². The lowest BCUT2D eigenvalue weighted by molar-refractivity contribution is -0.143. The molecule has 0 unspecified atom stereocenters. The highest BCUT2D eigenvalue weighted by Crippen LogP contribution is 2.06. The van der Waals surface area contributed by atoms with Crippen LogP contribution in [0.2, 0.25) is 0 Å². The summed E-state index contributed by atoms with van der Waals surface area (Å²) in [6.07, 6.45) is 0. The van der Waals surface area contributed by atoms with E-state index in [9.17, 15) is 14.4 Å². The van der Waals surface area contributed by atoms with Gasteiger partial charge in [-0.3, -0.25) is 9.59 Å². The van der Waals surface area contributed by atoms with Crippen LogP contribution in [0.4, 0.5) is 0 Å². The summed E-state index contributed by atoms with van der Waals surface area (Å²) in [6, 6.07) is 5.84. The van der Waals surface area contributed by atoms with Gasteiger partial charge in [0.25, 0.3) is 5.91 Å². The summed E-state index contributed by atoms with van der Waals surface area (Å²) in [5.74, 6) is -1.24. The Hall–Kier alpha value is -2.37. The molecule has 1 aromatic rings. The molecule has 0 saturated carbocycles. The van der Waals surface area contributed by atoms with Crippen LogP contribution in [0.25, 0.3) is 0 Å². The Morgan fingerprint density at radius 1 is 1.20 bits per heavy atom. The van der Waals surface area contributed by atoms with Crippen LogP contribution in [0.1, 0.15) is 29.8 Å². The third-order valence-electron chi connectivity index (χ3n) is 2.56. The molecule has 0 bridgehead atoms. The number of amides is 1. The van der Waals surface area contributed by atoms with Crippen molar-refractivity contribution in [3.8, 4) is 0 Å². The fourth-order valence-corrected chi connectivity index (χ4v) is 1.45. The van der Waals surface area contributed by atoms with E-state index in [1.165, 1.54) is 14.0 Å². The number of esters is 2. The summed E-state index contributed by atoms with van der Waals surface area (Å²) in [4.78, 5) is 33.7. The Morgan fingerprint density at radius 2 is 1.80 bits per heavy atom. The molecule has 6 heteroatoms. The molecule has 0 aliphatic rings. The molecular weight excluding hydrogens is 262 g/mol. The van der Waals surface area contributed by atoms with Crippen LogP contribution in [0, 0.1) is 0 Å². The zero-order valence-corrected chi connectivity index (χ0v) is 11.6. The first kappa shape index (κ1) is 15.7. The number of hydrogen-bond acceptors (Lipinski definition) is 5. The van der Waals surface area contributed by atoms with Crippen molar-refractivity contribution in [2.75, 3.05) is 7.11 Å². The smallest absolute Gasteiger partial charge is 0.328 e. The summed E-state index contributed by atoms with van der Waals surface area (Å²) in [5.41, 5.74) is 1.19. The quantitative estimate of drug-likeness (QED) is 0.814. The number of methoxy groups -OCH3 is 1. The molecule has 1 N–H and O–H groups in total. The number of hydrogen-bond donors (Lipinski definition) is 1. The molecule has 1 rings (SSSR count). The predicted octanol–water partition coefficient (Wildman–Crippen LogP) is 1.04. The summed E-state index contributed by atoms with van der Waals surface area (Å²) in [5, 5.41) is 2.52. The monoisotopic (exact) mass is 279 g/mol. The van der Waals surface area contributed by atoms with Crippen LogP contribution in [0.15, 0.2) is 24.3 Å². The number of ether oxygens (including phenoxy) is 2. The summed E-state index contributed by atoms with van der Waals surface area (Å²) in [7, 11) is 1.26. The van der Waals surface area contributed by atoms with Gasteiger partial charge in [0.05, 0.1) is 7.11 Å². The molecule has 0 heterocycles. The van der Waals surface area contributed by atoms with Crippen molar-refractivity contribution in [3.05, 3.63) is 35.4 Å². The molecule has 0 aliphatic heterocycles. The average molecular weight is 279 g/mol. The second-order valence-electron chi connectivity index (χ2n) is 4.20. The van der Waals surface area contributed by atoms with Crippen LogP contribution in [-0.2, 0) is 25.7 Å². The molecule has 108 valence electrons. The molecule has 0 aliphatic carbocycles. The van der Waals surface area contributed by atoms with Gasteiger partial charge in [-0.25, -0.2) is 4.79 Å². The Balaban J connectivity index is 2.61. The van der Waals surface area contributed by atoms with Gasteiger partial charge in [-0.15, -0.1) is 0 Å². The predicted molar refractivity (Wildman–Crippen MR) is 70.9 cm³/mol. The first-order valence-electron chi connectivity index (χ1n) is 6.05. The van der Waals surface area contributed by atoms with Gasteiger partial charge in [0.1, 0.15) is 12.6 Å². The van der Waals surface area contributed by atoms with E-state index in [0.29, 0.717) is 5.56 Å². The Bertz CT molecular complexity index is 495. The van der Waals surface area contributed by atoms with Gasteiger partial charge in [0.2, 0.25) is 0 Å². The van der Waals surface area contributed by atoms with Crippen LogP contribution < -0.4 is 5.32 Å². The lowest BCUT2D eigenvalue weighted by atomic mass is 10.1. The minimum Gasteiger partial charge on any atom is -0.467 e. The molecule has 1 amide bonds. The molecule has 0 radical (unpaired) electrons. The number of nitrogens with one attached hydrogen (secondary N) is 1. The van der Waals surface area contributed by atoms with Crippen LogP contribution in [-0.4, -0.2) is 31.0 Å². The van der Waals surface area contributed by atoms with E-state index in [-0.39, 0.29) is 18.5 Å². The fraction of sp³-hybridized carbons (Fsp3) is 0.357. The highest BCUT2D eigenvalue weighted by atomic mass is 16.5. The lowest BCUT2D eigenvalue weighted by Crippen LogP contribution is -2.39. The molecule has 0 saturated heterocycles. The number of rotatable bonds is 5. The van der Waals surface area contributed by atoms with E-state index < -0.39 is 12.0 Å². The van der Waals surface area contributed by atoms with Crippen molar-refractivity contribution >= 4 is 17.8 Å². The Morgan fingerprint density at radius 3 is 2.30 bits per heavy atom. The average Bonchev–Trinajstić information content (AvgIpc) is 2.44. The largest absolute Gasteiger partial charge is 0.467 e. The Labute approximate surface area is 117 Å². The third kappa shape index (κ3) is 4.72.